The fraction of sp³-hybridized carbons (Fsp3) is 0.375. The molecule has 3 N–H and O–H groups in total. The standard InChI is InChI=1S/C16H21N3O2/c1-9(2)18-15(20)8-17-16(21)12-5-6-14-13(7-12)10(3)11(4)19-14/h5-7,9,19H,8H2,1-4H3,(H,17,21)(H,18,20). The van der Waals surface area contributed by atoms with Gasteiger partial charge in [-0.15, -0.1) is 0 Å². The first-order valence-corrected chi connectivity index (χ1v) is 7.05. The van der Waals surface area contributed by atoms with E-state index < -0.39 is 0 Å². The third-order valence-corrected chi connectivity index (χ3v) is 3.43. The summed E-state index contributed by atoms with van der Waals surface area (Å²) < 4.78 is 0. The third-order valence-electron chi connectivity index (χ3n) is 3.43. The number of benzene rings is 1. The van der Waals surface area contributed by atoms with Crippen LogP contribution in [0.2, 0.25) is 0 Å². The third kappa shape index (κ3) is 3.42. The highest BCUT2D eigenvalue weighted by molar-refractivity contribution is 6.00. The lowest BCUT2D eigenvalue weighted by Gasteiger charge is -2.09. The van der Waals surface area contributed by atoms with Crippen molar-refractivity contribution in [2.45, 2.75) is 33.7 Å². The molecule has 112 valence electrons. The van der Waals surface area contributed by atoms with Crippen molar-refractivity contribution < 1.29 is 9.59 Å². The molecule has 0 unspecified atom stereocenters. The number of aromatic nitrogens is 1. The molecule has 1 aromatic heterocycles. The Balaban J connectivity index is 2.09. The van der Waals surface area contributed by atoms with E-state index >= 15 is 0 Å². The van der Waals surface area contributed by atoms with Gasteiger partial charge in [0, 0.05) is 28.2 Å². The minimum absolute atomic E-state index is 0.0137. The second kappa shape index (κ2) is 5.99. The maximum atomic E-state index is 12.1. The van der Waals surface area contributed by atoms with Crippen LogP contribution in [-0.4, -0.2) is 29.4 Å². The van der Waals surface area contributed by atoms with Crippen LogP contribution in [0.1, 0.15) is 35.5 Å². The first-order chi connectivity index (χ1) is 9.88. The van der Waals surface area contributed by atoms with Gasteiger partial charge in [-0.3, -0.25) is 9.59 Å². The molecule has 2 aromatic rings. The molecule has 1 aromatic carbocycles. The highest BCUT2D eigenvalue weighted by Gasteiger charge is 2.11. The Morgan fingerprint density at radius 3 is 2.62 bits per heavy atom. The van der Waals surface area contributed by atoms with Crippen molar-refractivity contribution in [3.8, 4) is 0 Å². The monoisotopic (exact) mass is 287 g/mol. The minimum Gasteiger partial charge on any atom is -0.358 e. The Morgan fingerprint density at radius 2 is 1.95 bits per heavy atom. The molecule has 2 rings (SSSR count). The average Bonchev–Trinajstić information content (AvgIpc) is 2.70. The minimum atomic E-state index is -0.242. The van der Waals surface area contributed by atoms with Crippen molar-refractivity contribution in [1.29, 1.82) is 0 Å². The van der Waals surface area contributed by atoms with Crippen molar-refractivity contribution in [2.75, 3.05) is 6.54 Å². The number of amides is 2. The number of aromatic amines is 1. The quantitative estimate of drug-likeness (QED) is 0.805. The summed E-state index contributed by atoms with van der Waals surface area (Å²) in [6.07, 6.45) is 0. The topological polar surface area (TPSA) is 74.0 Å². The van der Waals surface area contributed by atoms with Crippen LogP contribution in [0.15, 0.2) is 18.2 Å². The molecule has 0 saturated heterocycles. The first kappa shape index (κ1) is 15.1. The van der Waals surface area contributed by atoms with E-state index in [4.69, 9.17) is 0 Å². The van der Waals surface area contributed by atoms with Crippen LogP contribution in [0.5, 0.6) is 0 Å². The molecule has 0 spiro atoms. The fourth-order valence-corrected chi connectivity index (χ4v) is 2.24. The molecule has 0 saturated carbocycles. The Hall–Kier alpha value is -2.30. The Morgan fingerprint density at radius 1 is 1.24 bits per heavy atom. The summed E-state index contributed by atoms with van der Waals surface area (Å²) in [4.78, 5) is 26.9. The number of nitrogens with one attached hydrogen (secondary N) is 3. The van der Waals surface area contributed by atoms with Crippen LogP contribution in [0.4, 0.5) is 0 Å². The van der Waals surface area contributed by atoms with E-state index in [1.165, 1.54) is 0 Å². The maximum Gasteiger partial charge on any atom is 0.251 e. The molecule has 0 bridgehead atoms. The van der Waals surface area contributed by atoms with Crippen molar-refractivity contribution in [3.05, 3.63) is 35.0 Å². The van der Waals surface area contributed by atoms with Crippen molar-refractivity contribution in [1.82, 2.24) is 15.6 Å². The second-order valence-corrected chi connectivity index (χ2v) is 5.54. The lowest BCUT2D eigenvalue weighted by molar-refractivity contribution is -0.120. The Labute approximate surface area is 124 Å². The molecule has 1 heterocycles. The lowest BCUT2D eigenvalue weighted by atomic mass is 10.1. The molecule has 5 heteroatoms. The maximum absolute atomic E-state index is 12.1. The van der Waals surface area contributed by atoms with Gasteiger partial charge in [0.05, 0.1) is 6.54 Å². The predicted octanol–water partition coefficient (Wildman–Crippen LogP) is 2.04. The van der Waals surface area contributed by atoms with Crippen LogP contribution in [-0.2, 0) is 4.79 Å². The summed E-state index contributed by atoms with van der Waals surface area (Å²) >= 11 is 0. The number of H-pyrrole nitrogens is 1. The molecule has 0 fully saturated rings. The number of aryl methyl sites for hydroxylation is 2. The van der Waals surface area contributed by atoms with E-state index in [0.717, 1.165) is 22.2 Å². The van der Waals surface area contributed by atoms with Gasteiger partial charge >= 0.3 is 0 Å². The van der Waals surface area contributed by atoms with E-state index in [-0.39, 0.29) is 24.4 Å². The number of hydrogen-bond donors (Lipinski definition) is 3. The van der Waals surface area contributed by atoms with Crippen molar-refractivity contribution in [2.24, 2.45) is 0 Å². The van der Waals surface area contributed by atoms with Crippen molar-refractivity contribution in [3.63, 3.8) is 0 Å². The SMILES string of the molecule is Cc1[nH]c2ccc(C(=O)NCC(=O)NC(C)C)cc2c1C. The molecule has 21 heavy (non-hydrogen) atoms. The second-order valence-electron chi connectivity index (χ2n) is 5.54. The van der Waals surface area contributed by atoms with Crippen LogP contribution >= 0.6 is 0 Å². The van der Waals surface area contributed by atoms with E-state index in [1.807, 2.05) is 39.8 Å². The summed E-state index contributed by atoms with van der Waals surface area (Å²) in [5.41, 5.74) is 3.80. The van der Waals surface area contributed by atoms with Gasteiger partial charge in [0.25, 0.3) is 5.91 Å². The first-order valence-electron chi connectivity index (χ1n) is 7.05. The molecule has 0 aliphatic carbocycles. The number of carbonyl (C=O) groups excluding carboxylic acids is 2. The zero-order valence-electron chi connectivity index (χ0n) is 12.8. The van der Waals surface area contributed by atoms with Crippen molar-refractivity contribution >= 4 is 22.7 Å². The largest absolute Gasteiger partial charge is 0.358 e. The van der Waals surface area contributed by atoms with Gasteiger partial charge in [0.1, 0.15) is 0 Å². The highest BCUT2D eigenvalue weighted by atomic mass is 16.2. The molecule has 2 amide bonds. The fourth-order valence-electron chi connectivity index (χ4n) is 2.24. The smallest absolute Gasteiger partial charge is 0.251 e. The van der Waals surface area contributed by atoms with Gasteiger partial charge in [-0.05, 0) is 51.5 Å². The average molecular weight is 287 g/mol. The predicted molar refractivity (Wildman–Crippen MR) is 83.4 cm³/mol. The summed E-state index contributed by atoms with van der Waals surface area (Å²) in [5, 5.41) is 6.40. The number of fused-ring (bicyclic) bond motifs is 1. The molecule has 0 aliphatic rings. The Kier molecular flexibility index (Phi) is 4.31. The molecule has 0 atom stereocenters. The number of rotatable bonds is 4. The van der Waals surface area contributed by atoms with Crippen LogP contribution in [0.3, 0.4) is 0 Å². The van der Waals surface area contributed by atoms with Gasteiger partial charge in [-0.1, -0.05) is 0 Å². The highest BCUT2D eigenvalue weighted by Crippen LogP contribution is 2.22. The van der Waals surface area contributed by atoms with E-state index in [0.29, 0.717) is 5.56 Å². The molecule has 5 nitrogen and oxygen atoms in total. The Bertz CT molecular complexity index is 686. The van der Waals surface area contributed by atoms with Gasteiger partial charge < -0.3 is 15.6 Å². The summed E-state index contributed by atoms with van der Waals surface area (Å²) in [5.74, 6) is -0.429. The van der Waals surface area contributed by atoms with Crippen LogP contribution in [0, 0.1) is 13.8 Å². The zero-order valence-corrected chi connectivity index (χ0v) is 12.8. The number of hydrogen-bond acceptors (Lipinski definition) is 2. The normalized spacial score (nSPS) is 10.9. The van der Waals surface area contributed by atoms with Gasteiger partial charge in [0.2, 0.25) is 5.91 Å². The summed E-state index contributed by atoms with van der Waals surface area (Å²) in [6.45, 7) is 7.77. The number of carbonyl (C=O) groups is 2. The molecule has 0 aliphatic heterocycles. The zero-order chi connectivity index (χ0) is 15.6. The summed E-state index contributed by atoms with van der Waals surface area (Å²) in [6, 6.07) is 5.56. The van der Waals surface area contributed by atoms with Crippen LogP contribution in [0.25, 0.3) is 10.9 Å². The van der Waals surface area contributed by atoms with Gasteiger partial charge in [-0.25, -0.2) is 0 Å². The van der Waals surface area contributed by atoms with E-state index in [1.54, 1.807) is 6.07 Å². The lowest BCUT2D eigenvalue weighted by Crippen LogP contribution is -2.39. The van der Waals surface area contributed by atoms with E-state index in [9.17, 15) is 9.59 Å². The molecular weight excluding hydrogens is 266 g/mol. The summed E-state index contributed by atoms with van der Waals surface area (Å²) in [7, 11) is 0. The van der Waals surface area contributed by atoms with E-state index in [2.05, 4.69) is 15.6 Å². The molecular formula is C16H21N3O2. The van der Waals surface area contributed by atoms with Gasteiger partial charge in [-0.2, -0.15) is 0 Å². The van der Waals surface area contributed by atoms with Crippen LogP contribution < -0.4 is 10.6 Å². The molecule has 0 radical (unpaired) electrons. The van der Waals surface area contributed by atoms with Gasteiger partial charge in [0.15, 0.2) is 0 Å².